The number of likely N-dealkylation sites (N-methyl/N-ethyl adjacent to an activating group) is 2. The fourth-order valence-corrected chi connectivity index (χ4v) is 3.39. The summed E-state index contributed by atoms with van der Waals surface area (Å²) in [5, 5.41) is 19.2. The first-order valence-corrected chi connectivity index (χ1v) is 12.8. The number of nitrogens with one attached hydrogen (secondary N) is 2. The first-order chi connectivity index (χ1) is 19.3. The van der Waals surface area contributed by atoms with Gasteiger partial charge in [0.1, 0.15) is 6.04 Å². The van der Waals surface area contributed by atoms with E-state index in [2.05, 4.69) is 43.6 Å². The van der Waals surface area contributed by atoms with E-state index in [0.717, 1.165) is 5.69 Å². The predicted molar refractivity (Wildman–Crippen MR) is 153 cm³/mol. The van der Waals surface area contributed by atoms with Gasteiger partial charge in [0.2, 0.25) is 17.8 Å². The maximum atomic E-state index is 12.5. The first-order valence-electron chi connectivity index (χ1n) is 12.8. The third-order valence-corrected chi connectivity index (χ3v) is 5.80. The Balaban J connectivity index is 1.55. The zero-order valence-corrected chi connectivity index (χ0v) is 23.1. The van der Waals surface area contributed by atoms with E-state index in [1.165, 1.54) is 11.0 Å². The number of benzene rings is 1. The molecular weight excluding hydrogens is 506 g/mol. The molecule has 0 bridgehead atoms. The van der Waals surface area contributed by atoms with Crippen LogP contribution in [0.15, 0.2) is 61.1 Å². The number of hydrogen-bond donors (Lipinski definition) is 2. The zero-order chi connectivity index (χ0) is 28.9. The quantitative estimate of drug-likeness (QED) is 0.216. The summed E-state index contributed by atoms with van der Waals surface area (Å²) in [5.74, 6) is 6.67. The molecule has 1 atom stereocenters. The number of carbonyl (C=O) groups excluding carboxylic acids is 2. The van der Waals surface area contributed by atoms with Gasteiger partial charge in [-0.2, -0.15) is 15.3 Å². The van der Waals surface area contributed by atoms with Crippen molar-refractivity contribution in [2.24, 2.45) is 0 Å². The number of nitrogens with zero attached hydrogens (tertiary/aromatic N) is 7. The molecule has 11 nitrogen and oxygen atoms in total. The molecule has 2 heterocycles. The molecule has 3 aromatic rings. The summed E-state index contributed by atoms with van der Waals surface area (Å²) in [6.45, 7) is 2.78. The highest BCUT2D eigenvalue weighted by atomic mass is 16.2. The average molecular weight is 540 g/mol. The molecule has 2 N–H and O–H groups in total. The molecule has 0 aliphatic rings. The van der Waals surface area contributed by atoms with Crippen molar-refractivity contribution >= 4 is 23.5 Å². The topological polar surface area (TPSA) is 132 Å². The Morgan fingerprint density at radius 2 is 1.98 bits per heavy atom. The summed E-state index contributed by atoms with van der Waals surface area (Å²) >= 11 is 0. The van der Waals surface area contributed by atoms with E-state index in [1.807, 2.05) is 19.0 Å². The molecule has 2 amide bonds. The standard InChI is InChI=1S/C29H33N9O2/c1-22(37(4)26(39)11-8-18-36(2)3)28(40)31-16-7-5-6-10-24-21-32-29(35-27(24)38-19-9-17-33-38)34-25-14-12-23(20-30)13-15-25/h8-9,11-15,17,19,21-22H,5,7,16,18H2,1-4H3,(H,31,40)(H,32,34,35)/b11-8+/t22-/m0/s1. The second-order valence-corrected chi connectivity index (χ2v) is 9.18. The zero-order valence-electron chi connectivity index (χ0n) is 23.1. The van der Waals surface area contributed by atoms with Crippen molar-refractivity contribution in [3.05, 3.63) is 72.2 Å². The molecule has 1 aromatic carbocycles. The van der Waals surface area contributed by atoms with E-state index in [1.54, 1.807) is 73.7 Å². The molecule has 206 valence electrons. The van der Waals surface area contributed by atoms with Crippen LogP contribution in [0.4, 0.5) is 11.6 Å². The van der Waals surface area contributed by atoms with Crippen LogP contribution in [-0.2, 0) is 9.59 Å². The lowest BCUT2D eigenvalue weighted by atomic mass is 10.2. The number of amides is 2. The number of nitriles is 1. The number of carbonyl (C=O) groups is 2. The van der Waals surface area contributed by atoms with Crippen LogP contribution in [0.25, 0.3) is 5.82 Å². The Hall–Kier alpha value is -5.00. The van der Waals surface area contributed by atoms with Crippen molar-refractivity contribution < 1.29 is 9.59 Å². The SMILES string of the molecule is C[C@@H](C(=O)NCCCC#Cc1cnc(Nc2ccc(C#N)cc2)nc1-n1cccn1)N(C)C(=O)/C=C/CN(C)C. The summed E-state index contributed by atoms with van der Waals surface area (Å²) in [5.41, 5.74) is 1.92. The molecule has 11 heteroatoms. The van der Waals surface area contributed by atoms with E-state index in [9.17, 15) is 9.59 Å². The van der Waals surface area contributed by atoms with E-state index in [4.69, 9.17) is 5.26 Å². The normalized spacial score (nSPS) is 11.4. The van der Waals surface area contributed by atoms with Gasteiger partial charge in [-0.15, -0.1) is 0 Å². The average Bonchev–Trinajstić information content (AvgIpc) is 3.49. The minimum Gasteiger partial charge on any atom is -0.354 e. The second kappa shape index (κ2) is 14.8. The molecule has 0 spiro atoms. The van der Waals surface area contributed by atoms with Gasteiger partial charge in [0.25, 0.3) is 0 Å². The number of anilines is 2. The van der Waals surface area contributed by atoms with Crippen molar-refractivity contribution in [3.63, 3.8) is 0 Å². The molecule has 0 unspecified atom stereocenters. The molecule has 3 rings (SSSR count). The maximum Gasteiger partial charge on any atom is 0.246 e. The summed E-state index contributed by atoms with van der Waals surface area (Å²) < 4.78 is 1.62. The molecule has 0 fully saturated rings. The molecular formula is C29H33N9O2. The van der Waals surface area contributed by atoms with Crippen LogP contribution in [0.3, 0.4) is 0 Å². The van der Waals surface area contributed by atoms with Gasteiger partial charge in [-0.25, -0.2) is 9.67 Å². The van der Waals surface area contributed by atoms with Crippen molar-refractivity contribution in [1.29, 1.82) is 5.26 Å². The molecule has 0 saturated heterocycles. The van der Waals surface area contributed by atoms with Crippen LogP contribution in [0.2, 0.25) is 0 Å². The Kier molecular flexibility index (Phi) is 10.9. The fraction of sp³-hybridized carbons (Fsp3) is 0.310. The van der Waals surface area contributed by atoms with Gasteiger partial charge in [-0.3, -0.25) is 9.59 Å². The molecule has 0 aliphatic heterocycles. The van der Waals surface area contributed by atoms with Crippen LogP contribution in [0.1, 0.15) is 30.9 Å². The van der Waals surface area contributed by atoms with Gasteiger partial charge in [0.15, 0.2) is 5.82 Å². The molecule has 0 radical (unpaired) electrons. The highest BCUT2D eigenvalue weighted by Crippen LogP contribution is 2.17. The Labute approximate surface area is 234 Å². The van der Waals surface area contributed by atoms with E-state index in [-0.39, 0.29) is 11.8 Å². The Morgan fingerprint density at radius 1 is 1.20 bits per heavy atom. The Morgan fingerprint density at radius 3 is 2.65 bits per heavy atom. The summed E-state index contributed by atoms with van der Waals surface area (Å²) in [6, 6.07) is 10.3. The third kappa shape index (κ3) is 8.79. The van der Waals surface area contributed by atoms with Crippen molar-refractivity contribution in [1.82, 2.24) is 34.9 Å². The van der Waals surface area contributed by atoms with E-state index in [0.29, 0.717) is 48.8 Å². The first kappa shape index (κ1) is 29.6. The van der Waals surface area contributed by atoms with Crippen molar-refractivity contribution in [2.45, 2.75) is 25.8 Å². The smallest absolute Gasteiger partial charge is 0.246 e. The van der Waals surface area contributed by atoms with Gasteiger partial charge in [-0.1, -0.05) is 17.9 Å². The Bertz CT molecular complexity index is 1410. The van der Waals surface area contributed by atoms with Crippen LogP contribution in [-0.4, -0.2) is 81.6 Å². The maximum absolute atomic E-state index is 12.5. The molecule has 40 heavy (non-hydrogen) atoms. The lowest BCUT2D eigenvalue weighted by molar-refractivity contribution is -0.135. The number of rotatable bonds is 11. The molecule has 0 aliphatic carbocycles. The van der Waals surface area contributed by atoms with Crippen molar-refractivity contribution in [2.75, 3.05) is 39.5 Å². The van der Waals surface area contributed by atoms with Crippen molar-refractivity contribution in [3.8, 4) is 23.7 Å². The minimum atomic E-state index is -0.590. The third-order valence-electron chi connectivity index (χ3n) is 5.80. The number of unbranched alkanes of at least 4 members (excludes halogenated alkanes) is 1. The van der Waals surface area contributed by atoms with E-state index < -0.39 is 6.04 Å². The van der Waals surface area contributed by atoms with Gasteiger partial charge in [-0.05, 0) is 57.8 Å². The summed E-state index contributed by atoms with van der Waals surface area (Å²) in [4.78, 5) is 37.1. The van der Waals surface area contributed by atoms with Crippen LogP contribution < -0.4 is 10.6 Å². The fourth-order valence-electron chi connectivity index (χ4n) is 3.39. The summed E-state index contributed by atoms with van der Waals surface area (Å²) in [6.07, 6.45) is 9.49. The number of hydrogen-bond acceptors (Lipinski definition) is 8. The lowest BCUT2D eigenvalue weighted by Gasteiger charge is -2.23. The monoisotopic (exact) mass is 539 g/mol. The van der Waals surface area contributed by atoms with E-state index >= 15 is 0 Å². The predicted octanol–water partition coefficient (Wildman–Crippen LogP) is 2.49. The molecule has 0 saturated carbocycles. The van der Waals surface area contributed by atoms with Crippen LogP contribution >= 0.6 is 0 Å². The van der Waals surface area contributed by atoms with Crippen LogP contribution in [0, 0.1) is 23.2 Å². The second-order valence-electron chi connectivity index (χ2n) is 9.18. The lowest BCUT2D eigenvalue weighted by Crippen LogP contribution is -2.45. The van der Waals surface area contributed by atoms with Gasteiger partial charge < -0.3 is 20.4 Å². The van der Waals surface area contributed by atoms with Gasteiger partial charge in [0.05, 0.1) is 23.4 Å². The van der Waals surface area contributed by atoms with Gasteiger partial charge >= 0.3 is 0 Å². The van der Waals surface area contributed by atoms with Gasteiger partial charge in [0, 0.05) is 50.7 Å². The summed E-state index contributed by atoms with van der Waals surface area (Å²) in [7, 11) is 5.45. The van der Waals surface area contributed by atoms with Crippen LogP contribution in [0.5, 0.6) is 0 Å². The highest BCUT2D eigenvalue weighted by Gasteiger charge is 2.20. The number of aromatic nitrogens is 4. The highest BCUT2D eigenvalue weighted by molar-refractivity contribution is 5.92. The molecule has 2 aromatic heterocycles. The minimum absolute atomic E-state index is 0.218. The largest absolute Gasteiger partial charge is 0.354 e.